The fraction of sp³-hybridized carbons (Fsp3) is 0.182. The highest BCUT2D eigenvalue weighted by Crippen LogP contribution is 2.22. The minimum atomic E-state index is -0.195. The second-order valence-corrected chi connectivity index (χ2v) is 8.02. The van der Waals surface area contributed by atoms with Crippen molar-refractivity contribution >= 4 is 40.9 Å². The van der Waals surface area contributed by atoms with E-state index in [1.54, 1.807) is 42.5 Å². The highest BCUT2D eigenvalue weighted by molar-refractivity contribution is 7.99. The number of halogens is 1. The first-order chi connectivity index (χ1) is 15.0. The van der Waals surface area contributed by atoms with Gasteiger partial charge in [-0.2, -0.15) is 0 Å². The molecule has 160 valence electrons. The van der Waals surface area contributed by atoms with E-state index in [9.17, 15) is 9.59 Å². The van der Waals surface area contributed by atoms with Gasteiger partial charge >= 0.3 is 0 Å². The Kier molecular flexibility index (Phi) is 7.86. The molecule has 0 aliphatic carbocycles. The molecule has 9 heteroatoms. The van der Waals surface area contributed by atoms with Crippen molar-refractivity contribution in [2.45, 2.75) is 25.2 Å². The topological polar surface area (TPSA) is 88.9 Å². The van der Waals surface area contributed by atoms with Crippen LogP contribution in [0.1, 0.15) is 21.7 Å². The van der Waals surface area contributed by atoms with E-state index in [2.05, 4.69) is 27.4 Å². The first kappa shape index (κ1) is 22.6. The zero-order chi connectivity index (χ0) is 22.2. The minimum absolute atomic E-state index is 0.150. The number of carbonyl (C=O) groups excluding carboxylic acids is 2. The number of benzene rings is 2. The Labute approximate surface area is 189 Å². The van der Waals surface area contributed by atoms with Crippen LogP contribution in [0.25, 0.3) is 0 Å². The lowest BCUT2D eigenvalue weighted by Gasteiger charge is -2.10. The van der Waals surface area contributed by atoms with Crippen LogP contribution in [0.3, 0.4) is 0 Å². The van der Waals surface area contributed by atoms with Crippen molar-refractivity contribution in [1.82, 2.24) is 20.1 Å². The highest BCUT2D eigenvalue weighted by Gasteiger charge is 2.15. The van der Waals surface area contributed by atoms with Gasteiger partial charge in [-0.3, -0.25) is 9.59 Å². The van der Waals surface area contributed by atoms with Gasteiger partial charge < -0.3 is 15.2 Å². The summed E-state index contributed by atoms with van der Waals surface area (Å²) in [4.78, 5) is 24.7. The summed E-state index contributed by atoms with van der Waals surface area (Å²) in [5.41, 5.74) is 2.17. The summed E-state index contributed by atoms with van der Waals surface area (Å²) in [5.74, 6) is 0.358. The summed E-state index contributed by atoms with van der Waals surface area (Å²) in [6.07, 6.45) is 1.71. The molecule has 0 aliphatic rings. The number of hydrogen-bond donors (Lipinski definition) is 2. The number of carbonyl (C=O) groups is 2. The maximum Gasteiger partial charge on any atom is 0.251 e. The number of allylic oxidation sites excluding steroid dienone is 1. The molecule has 0 fully saturated rings. The SMILES string of the molecule is C=CCn1c(CNC(=O)c2ccccc2)nnc1SCC(=O)Nc1cc(Cl)ccc1C. The third-order valence-corrected chi connectivity index (χ3v) is 5.56. The first-order valence-corrected chi connectivity index (χ1v) is 10.9. The number of aromatic nitrogens is 3. The molecular weight excluding hydrogens is 434 g/mol. The van der Waals surface area contributed by atoms with E-state index < -0.39 is 0 Å². The maximum atomic E-state index is 12.4. The molecule has 3 aromatic rings. The Morgan fingerprint density at radius 2 is 1.97 bits per heavy atom. The molecule has 31 heavy (non-hydrogen) atoms. The van der Waals surface area contributed by atoms with Gasteiger partial charge in [-0.15, -0.1) is 16.8 Å². The van der Waals surface area contributed by atoms with Crippen LogP contribution in [0.2, 0.25) is 5.02 Å². The average molecular weight is 456 g/mol. The summed E-state index contributed by atoms with van der Waals surface area (Å²) in [6, 6.07) is 14.3. The Morgan fingerprint density at radius 3 is 2.71 bits per heavy atom. The van der Waals surface area contributed by atoms with E-state index in [4.69, 9.17) is 11.6 Å². The molecule has 7 nitrogen and oxygen atoms in total. The summed E-state index contributed by atoms with van der Waals surface area (Å²) in [5, 5.41) is 15.2. The summed E-state index contributed by atoms with van der Waals surface area (Å²) >= 11 is 7.26. The van der Waals surface area contributed by atoms with Crippen LogP contribution in [0, 0.1) is 6.92 Å². The zero-order valence-electron chi connectivity index (χ0n) is 17.0. The normalized spacial score (nSPS) is 10.5. The van der Waals surface area contributed by atoms with E-state index in [0.717, 1.165) is 5.56 Å². The zero-order valence-corrected chi connectivity index (χ0v) is 18.5. The van der Waals surface area contributed by atoms with Gasteiger partial charge in [-0.25, -0.2) is 0 Å². The molecular formula is C22H22ClN5O2S. The van der Waals surface area contributed by atoms with Gasteiger partial charge in [0.25, 0.3) is 5.91 Å². The fourth-order valence-corrected chi connectivity index (χ4v) is 3.70. The molecule has 3 rings (SSSR count). The third kappa shape index (κ3) is 6.19. The van der Waals surface area contributed by atoms with Gasteiger partial charge in [0.2, 0.25) is 5.91 Å². The Bertz CT molecular complexity index is 1080. The molecule has 0 atom stereocenters. The summed E-state index contributed by atoms with van der Waals surface area (Å²) in [7, 11) is 0. The van der Waals surface area contributed by atoms with E-state index in [1.165, 1.54) is 11.8 Å². The van der Waals surface area contributed by atoms with Crippen LogP contribution in [-0.4, -0.2) is 32.3 Å². The predicted molar refractivity (Wildman–Crippen MR) is 123 cm³/mol. The van der Waals surface area contributed by atoms with Crippen LogP contribution in [0.4, 0.5) is 5.69 Å². The van der Waals surface area contributed by atoms with E-state index in [0.29, 0.717) is 33.8 Å². The van der Waals surface area contributed by atoms with Crippen molar-refractivity contribution in [1.29, 1.82) is 0 Å². The Balaban J connectivity index is 1.61. The summed E-state index contributed by atoms with van der Waals surface area (Å²) < 4.78 is 1.82. The number of thioether (sulfide) groups is 1. The van der Waals surface area contributed by atoms with Gasteiger partial charge in [0.05, 0.1) is 12.3 Å². The van der Waals surface area contributed by atoms with E-state index in [-0.39, 0.29) is 24.1 Å². The smallest absolute Gasteiger partial charge is 0.251 e. The second-order valence-electron chi connectivity index (χ2n) is 6.64. The Hall–Kier alpha value is -3.10. The molecule has 0 saturated carbocycles. The maximum absolute atomic E-state index is 12.4. The molecule has 0 spiro atoms. The molecule has 2 amide bonds. The summed E-state index contributed by atoms with van der Waals surface area (Å²) in [6.45, 7) is 6.33. The van der Waals surface area contributed by atoms with Crippen molar-refractivity contribution in [3.05, 3.63) is 83.2 Å². The lowest BCUT2D eigenvalue weighted by atomic mass is 10.2. The largest absolute Gasteiger partial charge is 0.345 e. The van der Waals surface area contributed by atoms with Gasteiger partial charge in [0, 0.05) is 22.8 Å². The van der Waals surface area contributed by atoms with E-state index >= 15 is 0 Å². The van der Waals surface area contributed by atoms with Crippen LogP contribution < -0.4 is 10.6 Å². The Morgan fingerprint density at radius 1 is 1.19 bits per heavy atom. The molecule has 0 aliphatic heterocycles. The van der Waals surface area contributed by atoms with Crippen molar-refractivity contribution in [2.24, 2.45) is 0 Å². The van der Waals surface area contributed by atoms with Gasteiger partial charge in [0.1, 0.15) is 0 Å². The lowest BCUT2D eigenvalue weighted by Crippen LogP contribution is -2.24. The van der Waals surface area contributed by atoms with Gasteiger partial charge in [-0.1, -0.05) is 53.7 Å². The average Bonchev–Trinajstić information content (AvgIpc) is 3.15. The van der Waals surface area contributed by atoms with Crippen molar-refractivity contribution in [3.63, 3.8) is 0 Å². The van der Waals surface area contributed by atoms with Crippen molar-refractivity contribution in [3.8, 4) is 0 Å². The van der Waals surface area contributed by atoms with Gasteiger partial charge in [0.15, 0.2) is 11.0 Å². The number of hydrogen-bond acceptors (Lipinski definition) is 5. The third-order valence-electron chi connectivity index (χ3n) is 4.35. The number of anilines is 1. The molecule has 0 radical (unpaired) electrons. The lowest BCUT2D eigenvalue weighted by molar-refractivity contribution is -0.113. The molecule has 1 heterocycles. The number of nitrogens with one attached hydrogen (secondary N) is 2. The van der Waals surface area contributed by atoms with Crippen molar-refractivity contribution in [2.75, 3.05) is 11.1 Å². The van der Waals surface area contributed by atoms with E-state index in [1.807, 2.05) is 23.6 Å². The molecule has 0 unspecified atom stereocenters. The predicted octanol–water partition coefficient (Wildman–Crippen LogP) is 4.09. The molecule has 2 N–H and O–H groups in total. The minimum Gasteiger partial charge on any atom is -0.345 e. The quantitative estimate of drug-likeness (QED) is 0.375. The van der Waals surface area contributed by atoms with Crippen LogP contribution in [-0.2, 0) is 17.9 Å². The number of nitrogens with zero attached hydrogens (tertiary/aromatic N) is 3. The van der Waals surface area contributed by atoms with Crippen LogP contribution >= 0.6 is 23.4 Å². The molecule has 0 bridgehead atoms. The highest BCUT2D eigenvalue weighted by atomic mass is 35.5. The second kappa shape index (κ2) is 10.8. The number of rotatable bonds is 9. The number of aryl methyl sites for hydroxylation is 1. The standard InChI is InChI=1S/C22H22ClN5O2S/c1-3-11-28-19(13-24-21(30)16-7-5-4-6-8-16)26-27-22(28)31-14-20(29)25-18-12-17(23)10-9-15(18)2/h3-10,12H,1,11,13-14H2,2H3,(H,24,30)(H,25,29). The van der Waals surface area contributed by atoms with Gasteiger partial charge in [-0.05, 0) is 36.8 Å². The molecule has 0 saturated heterocycles. The molecule has 2 aromatic carbocycles. The monoisotopic (exact) mass is 455 g/mol. The molecule has 1 aromatic heterocycles. The van der Waals surface area contributed by atoms with Crippen LogP contribution in [0.5, 0.6) is 0 Å². The first-order valence-electron chi connectivity index (χ1n) is 9.53. The van der Waals surface area contributed by atoms with Crippen LogP contribution in [0.15, 0.2) is 66.3 Å². The number of amides is 2. The van der Waals surface area contributed by atoms with Crippen molar-refractivity contribution < 1.29 is 9.59 Å². The fourth-order valence-electron chi connectivity index (χ4n) is 2.77.